The second kappa shape index (κ2) is 8.57. The zero-order chi connectivity index (χ0) is 21.1. The molecule has 158 valence electrons. The van der Waals surface area contributed by atoms with E-state index in [4.69, 9.17) is 0 Å². The van der Waals surface area contributed by atoms with E-state index in [1.54, 1.807) is 18.3 Å². The summed E-state index contributed by atoms with van der Waals surface area (Å²) >= 11 is 1.69. The molecule has 7 nitrogen and oxygen atoms in total. The van der Waals surface area contributed by atoms with Gasteiger partial charge in [0.15, 0.2) is 0 Å². The van der Waals surface area contributed by atoms with Crippen LogP contribution in [0.15, 0.2) is 47.8 Å². The van der Waals surface area contributed by atoms with Gasteiger partial charge in [-0.1, -0.05) is 36.4 Å². The van der Waals surface area contributed by atoms with Crippen LogP contribution in [-0.2, 0) is 16.0 Å². The van der Waals surface area contributed by atoms with Gasteiger partial charge in [-0.15, -0.1) is 11.3 Å². The number of urea groups is 1. The summed E-state index contributed by atoms with van der Waals surface area (Å²) in [6, 6.07) is 13.5. The predicted octanol–water partition coefficient (Wildman–Crippen LogP) is 2.86. The van der Waals surface area contributed by atoms with Crippen molar-refractivity contribution in [3.8, 4) is 0 Å². The molecule has 0 radical (unpaired) electrons. The highest BCUT2D eigenvalue weighted by atomic mass is 32.1. The molecule has 2 fully saturated rings. The molecule has 2 atom stereocenters. The fraction of sp³-hybridized carbons (Fsp3) is 0.409. The number of rotatable bonds is 7. The summed E-state index contributed by atoms with van der Waals surface area (Å²) in [5, 5.41) is 5.62. The Hall–Kier alpha value is -2.71. The second-order valence-corrected chi connectivity index (χ2v) is 9.05. The Morgan fingerprint density at radius 1 is 1.23 bits per heavy atom. The van der Waals surface area contributed by atoms with Crippen molar-refractivity contribution in [3.05, 3.63) is 58.3 Å². The van der Waals surface area contributed by atoms with Crippen molar-refractivity contribution in [2.45, 2.75) is 44.2 Å². The van der Waals surface area contributed by atoms with Gasteiger partial charge >= 0.3 is 6.03 Å². The van der Waals surface area contributed by atoms with E-state index in [2.05, 4.69) is 21.7 Å². The van der Waals surface area contributed by atoms with Gasteiger partial charge in [0.2, 0.25) is 0 Å². The van der Waals surface area contributed by atoms with Crippen molar-refractivity contribution in [2.75, 3.05) is 13.1 Å². The molecule has 2 aliphatic rings. The van der Waals surface area contributed by atoms with Crippen molar-refractivity contribution < 1.29 is 14.4 Å². The fourth-order valence-corrected chi connectivity index (χ4v) is 5.05. The van der Waals surface area contributed by atoms with Gasteiger partial charge < -0.3 is 5.32 Å². The zero-order valence-corrected chi connectivity index (χ0v) is 17.8. The second-order valence-electron chi connectivity index (χ2n) is 8.07. The van der Waals surface area contributed by atoms with Crippen molar-refractivity contribution >= 4 is 29.2 Å². The highest BCUT2D eigenvalue weighted by Gasteiger charge is 2.48. The standard InChI is InChI=1S/C22H26N4O3S/c1-22(12-11-16-7-3-2-4-8-16)20(28)26(21(29)23-22)24-19(27)15-25-13-5-9-17(25)18-10-6-14-30-18/h2-4,6-8,10,14,17H,5,9,11-13,15H2,1H3,(H,23,29)(H,24,27)/t17-,22-/m1/s1. The molecule has 1 aromatic carbocycles. The summed E-state index contributed by atoms with van der Waals surface area (Å²) in [4.78, 5) is 41.3. The lowest BCUT2D eigenvalue weighted by atomic mass is 9.93. The summed E-state index contributed by atoms with van der Waals surface area (Å²) < 4.78 is 0. The number of aryl methyl sites for hydroxylation is 1. The number of hydrogen-bond donors (Lipinski definition) is 2. The minimum Gasteiger partial charge on any atom is -0.322 e. The molecule has 0 aliphatic carbocycles. The number of hydrazine groups is 1. The quantitative estimate of drug-likeness (QED) is 0.667. The normalized spacial score (nSPS) is 24.3. The molecule has 2 aliphatic heterocycles. The number of benzene rings is 1. The van der Waals surface area contributed by atoms with E-state index in [-0.39, 0.29) is 18.5 Å². The van der Waals surface area contributed by atoms with Crippen molar-refractivity contribution in [2.24, 2.45) is 0 Å². The number of carbonyl (C=O) groups is 3. The first-order valence-corrected chi connectivity index (χ1v) is 11.1. The molecule has 0 unspecified atom stereocenters. The number of carbonyl (C=O) groups excluding carboxylic acids is 3. The lowest BCUT2D eigenvalue weighted by Crippen LogP contribution is -2.51. The number of nitrogens with zero attached hydrogens (tertiary/aromatic N) is 2. The summed E-state index contributed by atoms with van der Waals surface area (Å²) in [6.07, 6.45) is 3.15. The van der Waals surface area contributed by atoms with Gasteiger partial charge in [0, 0.05) is 10.9 Å². The van der Waals surface area contributed by atoms with Gasteiger partial charge in [-0.05, 0) is 56.2 Å². The number of imide groups is 1. The molecular formula is C22H26N4O3S. The van der Waals surface area contributed by atoms with Crippen LogP contribution in [0.3, 0.4) is 0 Å². The van der Waals surface area contributed by atoms with Crippen LogP contribution in [-0.4, -0.2) is 46.4 Å². The van der Waals surface area contributed by atoms with Crippen molar-refractivity contribution in [3.63, 3.8) is 0 Å². The Labute approximate surface area is 180 Å². The molecule has 8 heteroatoms. The Kier molecular flexibility index (Phi) is 5.87. The SMILES string of the molecule is C[C@]1(CCc2ccccc2)NC(=O)N(NC(=O)CN2CCC[C@@H]2c2cccs2)C1=O. The van der Waals surface area contributed by atoms with Crippen LogP contribution < -0.4 is 10.7 Å². The molecule has 2 N–H and O–H groups in total. The van der Waals surface area contributed by atoms with E-state index < -0.39 is 17.5 Å². The van der Waals surface area contributed by atoms with Crippen LogP contribution in [0.5, 0.6) is 0 Å². The van der Waals surface area contributed by atoms with E-state index in [9.17, 15) is 14.4 Å². The zero-order valence-electron chi connectivity index (χ0n) is 17.0. The first kappa shape index (κ1) is 20.6. The molecule has 2 aromatic rings. The highest BCUT2D eigenvalue weighted by molar-refractivity contribution is 7.10. The first-order valence-electron chi connectivity index (χ1n) is 10.2. The molecule has 3 heterocycles. The largest absolute Gasteiger partial charge is 0.344 e. The Morgan fingerprint density at radius 3 is 2.77 bits per heavy atom. The van der Waals surface area contributed by atoms with E-state index in [1.165, 1.54) is 4.88 Å². The molecule has 4 amide bonds. The lowest BCUT2D eigenvalue weighted by molar-refractivity contribution is -0.139. The third-order valence-electron chi connectivity index (χ3n) is 5.84. The van der Waals surface area contributed by atoms with E-state index in [0.29, 0.717) is 12.8 Å². The van der Waals surface area contributed by atoms with E-state index in [0.717, 1.165) is 30.0 Å². The van der Waals surface area contributed by atoms with Gasteiger partial charge in [0.25, 0.3) is 11.8 Å². The molecule has 1 aromatic heterocycles. The fourth-order valence-electron chi connectivity index (χ4n) is 4.16. The lowest BCUT2D eigenvalue weighted by Gasteiger charge is -2.24. The Morgan fingerprint density at radius 2 is 2.03 bits per heavy atom. The Balaban J connectivity index is 1.35. The number of thiophene rings is 1. The van der Waals surface area contributed by atoms with E-state index >= 15 is 0 Å². The summed E-state index contributed by atoms with van der Waals surface area (Å²) in [7, 11) is 0. The number of nitrogens with one attached hydrogen (secondary N) is 2. The number of amides is 4. The van der Waals surface area contributed by atoms with Crippen molar-refractivity contribution in [1.82, 2.24) is 20.7 Å². The van der Waals surface area contributed by atoms with Gasteiger partial charge in [-0.3, -0.25) is 19.9 Å². The number of hydrogen-bond acceptors (Lipinski definition) is 5. The smallest absolute Gasteiger partial charge is 0.322 e. The Bertz CT molecular complexity index is 918. The summed E-state index contributed by atoms with van der Waals surface area (Å²) in [5.74, 6) is -0.776. The van der Waals surface area contributed by atoms with Crippen LogP contribution >= 0.6 is 11.3 Å². The van der Waals surface area contributed by atoms with Gasteiger partial charge in [0.05, 0.1) is 6.54 Å². The van der Waals surface area contributed by atoms with Gasteiger partial charge in [0.1, 0.15) is 5.54 Å². The minimum atomic E-state index is -1.03. The van der Waals surface area contributed by atoms with Crippen LogP contribution in [0.25, 0.3) is 0 Å². The molecule has 0 saturated carbocycles. The highest BCUT2D eigenvalue weighted by Crippen LogP contribution is 2.34. The van der Waals surface area contributed by atoms with Crippen LogP contribution in [0.1, 0.15) is 42.7 Å². The maximum atomic E-state index is 12.9. The average Bonchev–Trinajstić information content (AvgIpc) is 3.45. The first-order chi connectivity index (χ1) is 14.5. The van der Waals surface area contributed by atoms with Crippen LogP contribution in [0.2, 0.25) is 0 Å². The molecule has 4 rings (SSSR count). The van der Waals surface area contributed by atoms with Crippen LogP contribution in [0, 0.1) is 0 Å². The third-order valence-corrected chi connectivity index (χ3v) is 6.81. The maximum Gasteiger partial charge on any atom is 0.344 e. The average molecular weight is 427 g/mol. The molecular weight excluding hydrogens is 400 g/mol. The summed E-state index contributed by atoms with van der Waals surface area (Å²) in [5.41, 5.74) is 2.58. The molecule has 0 bridgehead atoms. The van der Waals surface area contributed by atoms with Gasteiger partial charge in [-0.2, -0.15) is 5.01 Å². The molecule has 2 saturated heterocycles. The number of likely N-dealkylation sites (tertiary alicyclic amines) is 1. The van der Waals surface area contributed by atoms with Crippen LogP contribution in [0.4, 0.5) is 4.79 Å². The monoisotopic (exact) mass is 426 g/mol. The molecule has 0 spiro atoms. The third kappa shape index (κ3) is 4.24. The van der Waals surface area contributed by atoms with E-state index in [1.807, 2.05) is 41.8 Å². The predicted molar refractivity (Wildman–Crippen MR) is 115 cm³/mol. The topological polar surface area (TPSA) is 81.8 Å². The minimum absolute atomic E-state index is 0.153. The summed E-state index contributed by atoms with van der Waals surface area (Å²) in [6.45, 7) is 2.68. The van der Waals surface area contributed by atoms with Crippen molar-refractivity contribution in [1.29, 1.82) is 0 Å². The molecule has 30 heavy (non-hydrogen) atoms. The maximum absolute atomic E-state index is 12.9. The van der Waals surface area contributed by atoms with Gasteiger partial charge in [-0.25, -0.2) is 4.79 Å².